The van der Waals surface area contributed by atoms with Gasteiger partial charge >= 0.3 is 0 Å². The van der Waals surface area contributed by atoms with Crippen LogP contribution in [0.1, 0.15) is 117 Å². The van der Waals surface area contributed by atoms with Crippen LogP contribution in [0, 0.1) is 0 Å². The first-order chi connectivity index (χ1) is 10.3. The highest BCUT2D eigenvalue weighted by molar-refractivity contribution is 14.1. The highest BCUT2D eigenvalue weighted by Crippen LogP contribution is 2.19. The second-order valence-electron chi connectivity index (χ2n) is 6.51. The van der Waals surface area contributed by atoms with Gasteiger partial charge in [-0.15, -0.1) is 0 Å². The van der Waals surface area contributed by atoms with E-state index in [0.717, 1.165) is 0 Å². The zero-order valence-electron chi connectivity index (χ0n) is 14.8. The van der Waals surface area contributed by atoms with Crippen LogP contribution in [-0.2, 0) is 0 Å². The number of halogens is 1. The Bertz CT molecular complexity index is 220. The number of allylic oxidation sites excluding steroid dienone is 1. The summed E-state index contributed by atoms with van der Waals surface area (Å²) in [6, 6.07) is 0. The summed E-state index contributed by atoms with van der Waals surface area (Å²) in [5.74, 6) is 0. The van der Waals surface area contributed by atoms with E-state index in [0.29, 0.717) is 0 Å². The van der Waals surface area contributed by atoms with E-state index in [1.165, 1.54) is 103 Å². The van der Waals surface area contributed by atoms with Crippen molar-refractivity contribution in [2.75, 3.05) is 0 Å². The normalized spacial score (nSPS) is 12.0. The maximum absolute atomic E-state index is 2.45. The first-order valence-electron chi connectivity index (χ1n) is 9.63. The van der Waals surface area contributed by atoms with E-state index < -0.39 is 0 Å². The minimum atomic E-state index is 1.35. The maximum atomic E-state index is 2.45. The van der Waals surface area contributed by atoms with Crippen LogP contribution in [0.3, 0.4) is 0 Å². The van der Waals surface area contributed by atoms with Gasteiger partial charge in [0.1, 0.15) is 0 Å². The topological polar surface area (TPSA) is 0 Å². The van der Waals surface area contributed by atoms with Crippen LogP contribution in [-0.4, -0.2) is 0 Å². The Labute approximate surface area is 148 Å². The monoisotopic (exact) mass is 406 g/mol. The predicted octanol–water partition coefficient (Wildman–Crippen LogP) is 8.59. The van der Waals surface area contributed by atoms with Gasteiger partial charge in [0.2, 0.25) is 0 Å². The lowest BCUT2D eigenvalue weighted by molar-refractivity contribution is 0.567. The van der Waals surface area contributed by atoms with Gasteiger partial charge in [0.25, 0.3) is 0 Å². The largest absolute Gasteiger partial charge is 0.0654 e. The molecule has 1 heteroatoms. The minimum absolute atomic E-state index is 1.35. The summed E-state index contributed by atoms with van der Waals surface area (Å²) in [6.07, 6.45) is 22.7. The Morgan fingerprint density at radius 1 is 0.571 bits per heavy atom. The summed E-state index contributed by atoms with van der Waals surface area (Å²) < 4.78 is 2.35. The molecule has 0 nitrogen and oxygen atoms in total. The highest BCUT2D eigenvalue weighted by atomic mass is 127. The minimum Gasteiger partial charge on any atom is -0.0654 e. The van der Waals surface area contributed by atoms with E-state index >= 15 is 0 Å². The van der Waals surface area contributed by atoms with Gasteiger partial charge in [0, 0.05) is 0 Å². The van der Waals surface area contributed by atoms with Gasteiger partial charge < -0.3 is 0 Å². The van der Waals surface area contributed by atoms with Gasteiger partial charge in [-0.25, -0.2) is 0 Å². The number of rotatable bonds is 16. The lowest BCUT2D eigenvalue weighted by Gasteiger charge is -2.07. The molecule has 0 amide bonds. The van der Waals surface area contributed by atoms with Crippen LogP contribution >= 0.6 is 22.6 Å². The average molecular weight is 406 g/mol. The summed E-state index contributed by atoms with van der Waals surface area (Å²) in [6.45, 7) is 4.59. The quantitative estimate of drug-likeness (QED) is 0.178. The molecule has 0 spiro atoms. The molecule has 0 atom stereocenters. The van der Waals surface area contributed by atoms with Crippen LogP contribution in [0.5, 0.6) is 0 Å². The van der Waals surface area contributed by atoms with Crippen molar-refractivity contribution in [3.8, 4) is 0 Å². The maximum Gasteiger partial charge on any atom is -0.0242 e. The Morgan fingerprint density at radius 3 is 1.24 bits per heavy atom. The molecule has 0 aromatic heterocycles. The van der Waals surface area contributed by atoms with E-state index in [4.69, 9.17) is 0 Å². The van der Waals surface area contributed by atoms with Crippen molar-refractivity contribution in [2.45, 2.75) is 117 Å². The fourth-order valence-electron chi connectivity index (χ4n) is 2.85. The van der Waals surface area contributed by atoms with Crippen molar-refractivity contribution in [2.24, 2.45) is 0 Å². The Hall–Kier alpha value is 0.470. The zero-order valence-corrected chi connectivity index (χ0v) is 16.9. The molecule has 0 heterocycles. The Morgan fingerprint density at radius 2 is 0.905 bits per heavy atom. The second-order valence-corrected chi connectivity index (χ2v) is 7.13. The molecular formula is C20H39I. The molecule has 0 rings (SSSR count). The van der Waals surface area contributed by atoms with E-state index in [1.54, 1.807) is 5.57 Å². The molecule has 0 saturated heterocycles. The van der Waals surface area contributed by atoms with Crippen molar-refractivity contribution in [3.05, 3.63) is 9.66 Å². The van der Waals surface area contributed by atoms with Gasteiger partial charge in [-0.1, -0.05) is 119 Å². The third-order valence-corrected chi connectivity index (χ3v) is 5.24. The van der Waals surface area contributed by atoms with Gasteiger partial charge in [-0.3, -0.25) is 0 Å². The van der Waals surface area contributed by atoms with Crippen molar-refractivity contribution in [3.63, 3.8) is 0 Å². The number of hydrogen-bond acceptors (Lipinski definition) is 0. The predicted molar refractivity (Wildman–Crippen MR) is 107 cm³/mol. The molecule has 21 heavy (non-hydrogen) atoms. The molecule has 0 aliphatic carbocycles. The second kappa shape index (κ2) is 18.5. The molecular weight excluding hydrogens is 367 g/mol. The SMILES string of the molecule is CCCCCCCCCCC(=CI)CCCCCCCC. The average Bonchev–Trinajstić information content (AvgIpc) is 2.51. The Balaban J connectivity index is 3.33. The molecule has 0 radical (unpaired) electrons. The molecule has 0 aliphatic heterocycles. The summed E-state index contributed by atoms with van der Waals surface area (Å²) in [7, 11) is 0. The number of hydrogen-bond donors (Lipinski definition) is 0. The van der Waals surface area contributed by atoms with Gasteiger partial charge in [-0.05, 0) is 29.8 Å². The third kappa shape index (κ3) is 16.7. The first kappa shape index (κ1) is 21.5. The van der Waals surface area contributed by atoms with E-state index in [9.17, 15) is 0 Å². The fraction of sp³-hybridized carbons (Fsp3) is 0.900. The van der Waals surface area contributed by atoms with Crippen LogP contribution in [0.4, 0.5) is 0 Å². The molecule has 0 fully saturated rings. The van der Waals surface area contributed by atoms with E-state index in [2.05, 4.69) is 40.5 Å². The first-order valence-corrected chi connectivity index (χ1v) is 10.9. The zero-order chi connectivity index (χ0) is 15.6. The van der Waals surface area contributed by atoms with Crippen LogP contribution < -0.4 is 0 Å². The molecule has 0 aliphatic rings. The Kier molecular flexibility index (Phi) is 18.9. The third-order valence-electron chi connectivity index (χ3n) is 4.36. The van der Waals surface area contributed by atoms with Crippen molar-refractivity contribution < 1.29 is 0 Å². The van der Waals surface area contributed by atoms with Crippen LogP contribution in [0.2, 0.25) is 0 Å². The van der Waals surface area contributed by atoms with Gasteiger partial charge in [0.15, 0.2) is 0 Å². The highest BCUT2D eigenvalue weighted by Gasteiger charge is 1.99. The fourth-order valence-corrected chi connectivity index (χ4v) is 3.48. The number of unbranched alkanes of at least 4 members (excludes halogenated alkanes) is 12. The lowest BCUT2D eigenvalue weighted by atomic mass is 10.0. The van der Waals surface area contributed by atoms with Crippen LogP contribution in [0.15, 0.2) is 9.66 Å². The van der Waals surface area contributed by atoms with Gasteiger partial charge in [-0.2, -0.15) is 0 Å². The molecule has 0 saturated carbocycles. The standard InChI is InChI=1S/C20H39I/c1-3-5-7-9-11-12-14-16-18-20(19-21)17-15-13-10-8-6-4-2/h19H,3-18H2,1-2H3. The van der Waals surface area contributed by atoms with Crippen molar-refractivity contribution >= 4 is 22.6 Å². The summed E-state index contributed by atoms with van der Waals surface area (Å²) in [4.78, 5) is 0. The van der Waals surface area contributed by atoms with Crippen molar-refractivity contribution in [1.29, 1.82) is 0 Å². The van der Waals surface area contributed by atoms with Crippen molar-refractivity contribution in [1.82, 2.24) is 0 Å². The molecule has 0 aromatic carbocycles. The summed E-state index contributed by atoms with van der Waals surface area (Å²) >= 11 is 2.45. The lowest BCUT2D eigenvalue weighted by Crippen LogP contribution is -1.87. The molecule has 0 bridgehead atoms. The molecule has 0 unspecified atom stereocenters. The van der Waals surface area contributed by atoms with Gasteiger partial charge in [0.05, 0.1) is 0 Å². The van der Waals surface area contributed by atoms with Crippen LogP contribution in [0.25, 0.3) is 0 Å². The smallest absolute Gasteiger partial charge is 0.0242 e. The summed E-state index contributed by atoms with van der Waals surface area (Å²) in [5.41, 5.74) is 1.71. The molecule has 0 aromatic rings. The molecule has 0 N–H and O–H groups in total. The molecule has 126 valence electrons. The van der Waals surface area contributed by atoms with E-state index in [-0.39, 0.29) is 0 Å². The van der Waals surface area contributed by atoms with E-state index in [1.807, 2.05) is 0 Å². The summed E-state index contributed by atoms with van der Waals surface area (Å²) in [5, 5.41) is 0.